The quantitative estimate of drug-likeness (QED) is 0.761. The summed E-state index contributed by atoms with van der Waals surface area (Å²) >= 11 is 3.25. The Hall–Kier alpha value is -0.950. The average molecular weight is 350 g/mol. The Morgan fingerprint density at radius 2 is 2.00 bits per heavy atom. The van der Waals surface area contributed by atoms with Crippen LogP contribution in [0.1, 0.15) is 26.3 Å². The normalized spacial score (nSPS) is 13.3. The van der Waals surface area contributed by atoms with Crippen molar-refractivity contribution in [2.45, 2.75) is 37.9 Å². The smallest absolute Gasteiger partial charge is 0.324 e. The monoisotopic (exact) mass is 349 g/mol. The highest BCUT2D eigenvalue weighted by atomic mass is 79.9. The lowest BCUT2D eigenvalue weighted by Crippen LogP contribution is -2.34. The molecule has 19 heavy (non-hydrogen) atoms. The third kappa shape index (κ3) is 4.28. The molecule has 1 heterocycles. The van der Waals surface area contributed by atoms with Gasteiger partial charge in [-0.15, -0.1) is 0 Å². The van der Waals surface area contributed by atoms with E-state index in [1.54, 1.807) is 18.5 Å². The lowest BCUT2D eigenvalue weighted by molar-refractivity contribution is -0.144. The molecule has 0 aliphatic carbocycles. The fourth-order valence-corrected chi connectivity index (χ4v) is 2.91. The Morgan fingerprint density at radius 1 is 1.37 bits per heavy atom. The molecule has 0 saturated carbocycles. The molecule has 1 aromatic heterocycles. The Bertz CT molecular complexity index is 557. The maximum Gasteiger partial charge on any atom is 0.324 e. The van der Waals surface area contributed by atoms with Crippen molar-refractivity contribution in [3.8, 4) is 0 Å². The minimum absolute atomic E-state index is 0.00320. The van der Waals surface area contributed by atoms with Crippen LogP contribution in [-0.4, -0.2) is 29.9 Å². The largest absolute Gasteiger partial charge is 0.460 e. The van der Waals surface area contributed by atoms with Crippen LogP contribution < -0.4 is 0 Å². The summed E-state index contributed by atoms with van der Waals surface area (Å²) < 4.78 is 29.4. The van der Waals surface area contributed by atoms with E-state index in [0.717, 1.165) is 4.47 Å². The number of hydrogen-bond acceptors (Lipinski definition) is 5. The number of esters is 1. The van der Waals surface area contributed by atoms with Crippen LogP contribution in [-0.2, 0) is 26.0 Å². The topological polar surface area (TPSA) is 73.3 Å². The van der Waals surface area contributed by atoms with Gasteiger partial charge >= 0.3 is 5.97 Å². The summed E-state index contributed by atoms with van der Waals surface area (Å²) in [6.07, 6.45) is 3.16. The molecule has 1 aromatic rings. The van der Waals surface area contributed by atoms with Gasteiger partial charge in [-0.2, -0.15) is 0 Å². The van der Waals surface area contributed by atoms with Gasteiger partial charge in [0.25, 0.3) is 0 Å². The van der Waals surface area contributed by atoms with E-state index < -0.39 is 26.3 Å². The Balaban J connectivity index is 2.66. The maximum atomic E-state index is 11.8. The molecular formula is C12H16BrNO4S. The Morgan fingerprint density at radius 3 is 2.53 bits per heavy atom. The number of pyridine rings is 1. The minimum atomic E-state index is -3.49. The van der Waals surface area contributed by atoms with Gasteiger partial charge in [-0.1, -0.05) is 0 Å². The number of sulfone groups is 1. The summed E-state index contributed by atoms with van der Waals surface area (Å²) in [5.74, 6) is -0.742. The Kier molecular flexibility index (Phi) is 5.49. The number of ether oxygens (including phenoxy) is 1. The number of rotatable bonds is 5. The van der Waals surface area contributed by atoms with Crippen molar-refractivity contribution in [2.24, 2.45) is 0 Å². The highest BCUT2D eigenvalue weighted by Crippen LogP contribution is 2.13. The van der Waals surface area contributed by atoms with E-state index >= 15 is 0 Å². The lowest BCUT2D eigenvalue weighted by atomic mass is 10.3. The highest BCUT2D eigenvalue weighted by molar-refractivity contribution is 9.10. The second kappa shape index (κ2) is 6.47. The van der Waals surface area contributed by atoms with Crippen LogP contribution in [0, 0.1) is 0 Å². The van der Waals surface area contributed by atoms with E-state index in [0.29, 0.717) is 5.56 Å². The molecule has 0 radical (unpaired) electrons. The number of carbonyl (C=O) groups excluding carboxylic acids is 1. The summed E-state index contributed by atoms with van der Waals surface area (Å²) in [7, 11) is -3.49. The molecule has 0 aromatic carbocycles. The molecule has 0 fully saturated rings. The van der Waals surface area contributed by atoms with E-state index in [1.165, 1.54) is 20.8 Å². The van der Waals surface area contributed by atoms with Crippen LogP contribution in [0.25, 0.3) is 0 Å². The van der Waals surface area contributed by atoms with Gasteiger partial charge in [-0.05, 0) is 42.8 Å². The SMILES string of the molecule is CC(C)S(=O)(=O)[C@@H](C)C(=O)OCc1cncc(Br)c1. The van der Waals surface area contributed by atoms with E-state index in [-0.39, 0.29) is 6.61 Å². The number of aromatic nitrogens is 1. The van der Waals surface area contributed by atoms with Crippen molar-refractivity contribution in [3.05, 3.63) is 28.5 Å². The molecule has 7 heteroatoms. The molecule has 0 N–H and O–H groups in total. The number of hydrogen-bond donors (Lipinski definition) is 0. The molecule has 1 atom stereocenters. The minimum Gasteiger partial charge on any atom is -0.460 e. The van der Waals surface area contributed by atoms with Crippen molar-refractivity contribution in [2.75, 3.05) is 0 Å². The van der Waals surface area contributed by atoms with E-state index in [1.807, 2.05) is 0 Å². The fourth-order valence-electron chi connectivity index (χ4n) is 1.35. The first kappa shape index (κ1) is 16.1. The van der Waals surface area contributed by atoms with Crippen molar-refractivity contribution in [1.82, 2.24) is 4.98 Å². The molecule has 0 bridgehead atoms. The van der Waals surface area contributed by atoms with Crippen molar-refractivity contribution in [1.29, 1.82) is 0 Å². The third-order valence-corrected chi connectivity index (χ3v) is 5.55. The van der Waals surface area contributed by atoms with Gasteiger partial charge < -0.3 is 4.74 Å². The van der Waals surface area contributed by atoms with Crippen LogP contribution in [0.4, 0.5) is 0 Å². The van der Waals surface area contributed by atoms with Gasteiger partial charge in [-0.25, -0.2) is 8.42 Å². The first-order chi connectivity index (χ1) is 8.75. The number of nitrogens with zero attached hydrogens (tertiary/aromatic N) is 1. The van der Waals surface area contributed by atoms with E-state index in [9.17, 15) is 13.2 Å². The zero-order chi connectivity index (χ0) is 14.6. The molecule has 5 nitrogen and oxygen atoms in total. The van der Waals surface area contributed by atoms with Crippen molar-refractivity contribution in [3.63, 3.8) is 0 Å². The predicted molar refractivity (Wildman–Crippen MR) is 75.3 cm³/mol. The summed E-state index contributed by atoms with van der Waals surface area (Å²) in [6, 6.07) is 1.75. The molecule has 0 unspecified atom stereocenters. The second-order valence-electron chi connectivity index (χ2n) is 4.40. The summed E-state index contributed by atoms with van der Waals surface area (Å²) in [5, 5.41) is -1.77. The Labute approximate surface area is 121 Å². The summed E-state index contributed by atoms with van der Waals surface area (Å²) in [6.45, 7) is 4.43. The number of halogens is 1. The standard InChI is InChI=1S/C12H16BrNO4S/c1-8(2)19(16,17)9(3)12(15)18-7-10-4-11(13)6-14-5-10/h4-6,8-9H,7H2,1-3H3/t9-/m0/s1. The number of carbonyl (C=O) groups is 1. The first-order valence-electron chi connectivity index (χ1n) is 5.74. The van der Waals surface area contributed by atoms with Crippen LogP contribution >= 0.6 is 15.9 Å². The van der Waals surface area contributed by atoms with E-state index in [4.69, 9.17) is 4.74 Å². The first-order valence-corrected chi connectivity index (χ1v) is 8.14. The van der Waals surface area contributed by atoms with Gasteiger partial charge in [0.05, 0.1) is 5.25 Å². The van der Waals surface area contributed by atoms with Crippen molar-refractivity contribution < 1.29 is 17.9 Å². The van der Waals surface area contributed by atoms with Crippen LogP contribution in [0.5, 0.6) is 0 Å². The molecule has 0 aliphatic heterocycles. The summed E-state index contributed by atoms with van der Waals surface area (Å²) in [4.78, 5) is 15.6. The molecule has 106 valence electrons. The second-order valence-corrected chi connectivity index (χ2v) is 8.14. The fraction of sp³-hybridized carbons (Fsp3) is 0.500. The zero-order valence-corrected chi connectivity index (χ0v) is 13.4. The van der Waals surface area contributed by atoms with Crippen molar-refractivity contribution >= 4 is 31.7 Å². The van der Waals surface area contributed by atoms with Crippen LogP contribution in [0.2, 0.25) is 0 Å². The van der Waals surface area contributed by atoms with Gasteiger partial charge in [0.15, 0.2) is 15.1 Å². The van der Waals surface area contributed by atoms with Crippen LogP contribution in [0.3, 0.4) is 0 Å². The summed E-state index contributed by atoms with van der Waals surface area (Å²) in [5.41, 5.74) is 0.692. The maximum absolute atomic E-state index is 11.8. The van der Waals surface area contributed by atoms with Gasteiger partial charge in [-0.3, -0.25) is 9.78 Å². The van der Waals surface area contributed by atoms with E-state index in [2.05, 4.69) is 20.9 Å². The van der Waals surface area contributed by atoms with Gasteiger partial charge in [0.2, 0.25) is 0 Å². The van der Waals surface area contributed by atoms with Gasteiger partial charge in [0.1, 0.15) is 6.61 Å². The zero-order valence-electron chi connectivity index (χ0n) is 11.0. The van der Waals surface area contributed by atoms with Gasteiger partial charge in [0, 0.05) is 22.4 Å². The third-order valence-electron chi connectivity index (χ3n) is 2.62. The average Bonchev–Trinajstić information content (AvgIpc) is 2.34. The molecule has 0 aliphatic rings. The molecule has 0 saturated heterocycles. The lowest BCUT2D eigenvalue weighted by Gasteiger charge is -2.14. The predicted octanol–water partition coefficient (Wildman–Crippen LogP) is 2.10. The van der Waals surface area contributed by atoms with Crippen LogP contribution in [0.15, 0.2) is 22.9 Å². The molecule has 0 amide bonds. The molecule has 1 rings (SSSR count). The highest BCUT2D eigenvalue weighted by Gasteiger charge is 2.31. The molecule has 0 spiro atoms. The molecular weight excluding hydrogens is 334 g/mol.